The van der Waals surface area contributed by atoms with E-state index in [0.717, 1.165) is 25.5 Å². The zero-order valence-electron chi connectivity index (χ0n) is 11.1. The van der Waals surface area contributed by atoms with Crippen molar-refractivity contribution in [2.45, 2.75) is 63.6 Å². The van der Waals surface area contributed by atoms with Gasteiger partial charge in [0.05, 0.1) is 11.7 Å². The molecule has 3 heteroatoms. The number of hydrogen-bond acceptors (Lipinski definition) is 2. The molecule has 0 aromatic rings. The third kappa shape index (κ3) is 3.59. The van der Waals surface area contributed by atoms with Crippen LogP contribution in [0.25, 0.3) is 0 Å². The highest BCUT2D eigenvalue weighted by Gasteiger charge is 2.40. The molecule has 2 rings (SSSR count). The highest BCUT2D eigenvalue weighted by atomic mass is 35.5. The molecule has 0 aromatic carbocycles. The van der Waals surface area contributed by atoms with Crippen LogP contribution >= 0.6 is 11.6 Å². The van der Waals surface area contributed by atoms with Crippen molar-refractivity contribution < 1.29 is 4.74 Å². The maximum atomic E-state index is 6.38. The van der Waals surface area contributed by atoms with E-state index in [4.69, 9.17) is 16.3 Å². The Balaban J connectivity index is 1.80. The molecular weight excluding hydrogens is 234 g/mol. The van der Waals surface area contributed by atoms with Gasteiger partial charge in [0.25, 0.3) is 0 Å². The van der Waals surface area contributed by atoms with E-state index in [0.29, 0.717) is 6.10 Å². The Bertz CT molecular complexity index is 228. The molecule has 1 unspecified atom stereocenters. The molecule has 1 aliphatic heterocycles. The minimum Gasteiger partial charge on any atom is -0.370 e. The minimum atomic E-state index is 0.267. The number of alkyl halides is 1. The van der Waals surface area contributed by atoms with Gasteiger partial charge in [-0.3, -0.25) is 4.90 Å². The summed E-state index contributed by atoms with van der Waals surface area (Å²) in [4.78, 5) is 2.42. The summed E-state index contributed by atoms with van der Waals surface area (Å²) in [6.45, 7) is 5.35. The second-order valence-corrected chi connectivity index (χ2v) is 5.98. The summed E-state index contributed by atoms with van der Waals surface area (Å²) in [5.41, 5.74) is 0.267. The average Bonchev–Trinajstić information content (AvgIpc) is 2.72. The predicted octanol–water partition coefficient (Wildman–Crippen LogP) is 3.43. The predicted molar refractivity (Wildman–Crippen MR) is 72.8 cm³/mol. The van der Waals surface area contributed by atoms with Crippen molar-refractivity contribution in [3.8, 4) is 0 Å². The van der Waals surface area contributed by atoms with Crippen LogP contribution in [0.4, 0.5) is 0 Å². The van der Waals surface area contributed by atoms with Crippen LogP contribution in [0.1, 0.15) is 51.9 Å². The molecule has 1 atom stereocenters. The lowest BCUT2D eigenvalue weighted by Crippen LogP contribution is -2.37. The van der Waals surface area contributed by atoms with E-state index in [2.05, 4.69) is 11.8 Å². The molecule has 0 amide bonds. The van der Waals surface area contributed by atoms with E-state index in [9.17, 15) is 0 Å². The maximum absolute atomic E-state index is 6.38. The second-order valence-electron chi connectivity index (χ2n) is 5.60. The summed E-state index contributed by atoms with van der Waals surface area (Å²) in [7, 11) is 0. The first-order valence-electron chi connectivity index (χ1n) is 7.24. The molecule has 1 saturated carbocycles. The Hall–Kier alpha value is 0.210. The lowest BCUT2D eigenvalue weighted by atomic mass is 9.83. The van der Waals surface area contributed by atoms with Crippen LogP contribution in [0, 0.1) is 0 Å². The molecule has 0 bridgehead atoms. The zero-order chi connectivity index (χ0) is 12.1. The Kier molecular flexibility index (Phi) is 5.13. The molecule has 0 N–H and O–H groups in total. The summed E-state index contributed by atoms with van der Waals surface area (Å²) in [5, 5.41) is 0. The quantitative estimate of drug-likeness (QED) is 0.702. The summed E-state index contributed by atoms with van der Waals surface area (Å²) >= 11 is 5.82. The third-order valence-electron chi connectivity index (χ3n) is 4.41. The fourth-order valence-electron chi connectivity index (χ4n) is 3.37. The van der Waals surface area contributed by atoms with E-state index in [1.54, 1.807) is 0 Å². The van der Waals surface area contributed by atoms with Gasteiger partial charge in [0, 0.05) is 19.0 Å². The van der Waals surface area contributed by atoms with Gasteiger partial charge >= 0.3 is 0 Å². The smallest absolute Gasteiger partial charge is 0.0710 e. The van der Waals surface area contributed by atoms with Crippen LogP contribution in [0.2, 0.25) is 0 Å². The van der Waals surface area contributed by atoms with Gasteiger partial charge in [0.2, 0.25) is 0 Å². The van der Waals surface area contributed by atoms with Gasteiger partial charge in [-0.1, -0.05) is 26.2 Å². The highest BCUT2D eigenvalue weighted by Crippen LogP contribution is 2.41. The Morgan fingerprint density at radius 3 is 2.65 bits per heavy atom. The van der Waals surface area contributed by atoms with Crippen LogP contribution in [-0.4, -0.2) is 42.1 Å². The number of rotatable bonds is 5. The van der Waals surface area contributed by atoms with E-state index < -0.39 is 0 Å². The molecule has 1 spiro atoms. The van der Waals surface area contributed by atoms with Crippen LogP contribution in [0.5, 0.6) is 0 Å². The summed E-state index contributed by atoms with van der Waals surface area (Å²) in [5.74, 6) is 0.728. The van der Waals surface area contributed by atoms with Crippen LogP contribution in [0.15, 0.2) is 0 Å². The first-order chi connectivity index (χ1) is 8.28. The van der Waals surface area contributed by atoms with Crippen molar-refractivity contribution in [2.24, 2.45) is 0 Å². The van der Waals surface area contributed by atoms with Gasteiger partial charge in [-0.2, -0.15) is 0 Å². The lowest BCUT2D eigenvalue weighted by molar-refractivity contribution is -0.0711. The van der Waals surface area contributed by atoms with Crippen LogP contribution in [0.3, 0.4) is 0 Å². The van der Waals surface area contributed by atoms with Crippen molar-refractivity contribution in [2.75, 3.05) is 25.5 Å². The van der Waals surface area contributed by atoms with Crippen molar-refractivity contribution in [3.63, 3.8) is 0 Å². The molecule has 2 aliphatic rings. The summed E-state index contributed by atoms with van der Waals surface area (Å²) < 4.78 is 6.38. The molecule has 2 fully saturated rings. The maximum Gasteiger partial charge on any atom is 0.0710 e. The van der Waals surface area contributed by atoms with Crippen molar-refractivity contribution in [1.82, 2.24) is 4.90 Å². The first kappa shape index (κ1) is 13.6. The molecule has 0 aromatic heterocycles. The number of halogens is 1. The molecule has 1 saturated heterocycles. The molecule has 2 nitrogen and oxygen atoms in total. The fraction of sp³-hybridized carbons (Fsp3) is 1.00. The number of likely N-dealkylation sites (N-methyl/N-ethyl adjacent to an activating group) is 1. The Morgan fingerprint density at radius 1 is 1.24 bits per heavy atom. The van der Waals surface area contributed by atoms with Crippen LogP contribution < -0.4 is 0 Å². The van der Waals surface area contributed by atoms with Gasteiger partial charge in [0.15, 0.2) is 0 Å². The van der Waals surface area contributed by atoms with Crippen molar-refractivity contribution in [1.29, 1.82) is 0 Å². The standard InChI is InChI=1S/C14H26ClNO/c1-2-16(11-10-15)12-13-6-9-14(17-13)7-4-3-5-8-14/h13H,2-12H2,1H3. The van der Waals surface area contributed by atoms with Crippen molar-refractivity contribution in [3.05, 3.63) is 0 Å². The molecular formula is C14H26ClNO. The van der Waals surface area contributed by atoms with E-state index in [-0.39, 0.29) is 5.60 Å². The normalized spacial score (nSPS) is 28.1. The van der Waals surface area contributed by atoms with Gasteiger partial charge in [-0.15, -0.1) is 11.6 Å². The average molecular weight is 260 g/mol. The third-order valence-corrected chi connectivity index (χ3v) is 4.58. The number of nitrogens with zero attached hydrogens (tertiary/aromatic N) is 1. The van der Waals surface area contributed by atoms with E-state index >= 15 is 0 Å². The monoisotopic (exact) mass is 259 g/mol. The summed E-state index contributed by atoms with van der Waals surface area (Å²) in [6, 6.07) is 0. The summed E-state index contributed by atoms with van der Waals surface area (Å²) in [6.07, 6.45) is 9.72. The molecule has 0 radical (unpaired) electrons. The SMILES string of the molecule is CCN(CCCl)CC1CCC2(CCCCC2)O1. The molecule has 1 aliphatic carbocycles. The lowest BCUT2D eigenvalue weighted by Gasteiger charge is -2.34. The molecule has 100 valence electrons. The number of hydrogen-bond donors (Lipinski definition) is 0. The fourth-order valence-corrected chi connectivity index (χ4v) is 3.61. The van der Waals surface area contributed by atoms with E-state index in [1.807, 2.05) is 0 Å². The van der Waals surface area contributed by atoms with Crippen molar-refractivity contribution >= 4 is 11.6 Å². The molecule has 1 heterocycles. The van der Waals surface area contributed by atoms with Crippen LogP contribution in [-0.2, 0) is 4.74 Å². The Labute approximate surface area is 111 Å². The highest BCUT2D eigenvalue weighted by molar-refractivity contribution is 6.18. The van der Waals surface area contributed by atoms with E-state index in [1.165, 1.54) is 44.9 Å². The topological polar surface area (TPSA) is 12.5 Å². The zero-order valence-corrected chi connectivity index (χ0v) is 11.8. The largest absolute Gasteiger partial charge is 0.370 e. The van der Waals surface area contributed by atoms with Gasteiger partial charge < -0.3 is 4.74 Å². The minimum absolute atomic E-state index is 0.267. The van der Waals surface area contributed by atoms with Gasteiger partial charge in [-0.25, -0.2) is 0 Å². The number of ether oxygens (including phenoxy) is 1. The molecule has 17 heavy (non-hydrogen) atoms. The second kappa shape index (κ2) is 6.40. The van der Waals surface area contributed by atoms with Gasteiger partial charge in [-0.05, 0) is 32.2 Å². The van der Waals surface area contributed by atoms with Gasteiger partial charge in [0.1, 0.15) is 0 Å². The first-order valence-corrected chi connectivity index (χ1v) is 7.77. The Morgan fingerprint density at radius 2 is 2.00 bits per heavy atom.